The molecule has 0 bridgehead atoms. The number of nitrogens with one attached hydrogen (secondary N) is 2. The molecule has 1 aromatic rings. The van der Waals surface area contributed by atoms with E-state index in [0.29, 0.717) is 11.4 Å². The zero-order chi connectivity index (χ0) is 13.5. The van der Waals surface area contributed by atoms with Crippen molar-refractivity contribution in [2.45, 2.75) is 25.3 Å². The van der Waals surface area contributed by atoms with Gasteiger partial charge < -0.3 is 15.4 Å². The molecule has 0 aliphatic carbocycles. The highest BCUT2D eigenvalue weighted by atomic mass is 35.5. The van der Waals surface area contributed by atoms with Gasteiger partial charge in [-0.05, 0) is 31.5 Å². The second kappa shape index (κ2) is 8.76. The maximum atomic E-state index is 12.0. The highest BCUT2D eigenvalue weighted by Gasteiger charge is 2.20. The van der Waals surface area contributed by atoms with E-state index in [1.807, 2.05) is 0 Å². The second-order valence-corrected chi connectivity index (χ2v) is 4.56. The zero-order valence-corrected chi connectivity index (χ0v) is 12.0. The first-order valence-electron chi connectivity index (χ1n) is 6.62. The number of ether oxygens (including phenoxy) is 1. The van der Waals surface area contributed by atoms with Crippen molar-refractivity contribution in [3.8, 4) is 5.75 Å². The fourth-order valence-electron chi connectivity index (χ4n) is 2.13. The minimum atomic E-state index is -0.525. The summed E-state index contributed by atoms with van der Waals surface area (Å²) in [4.78, 5) is 12.0. The lowest BCUT2D eigenvalue weighted by Crippen LogP contribution is -2.43. The van der Waals surface area contributed by atoms with Crippen molar-refractivity contribution < 1.29 is 13.9 Å². The molecular weight excluding hydrogens is 283 g/mol. The molecule has 20 heavy (non-hydrogen) atoms. The second-order valence-electron chi connectivity index (χ2n) is 4.56. The molecule has 1 atom stereocenters. The van der Waals surface area contributed by atoms with Crippen LogP contribution in [0.1, 0.15) is 19.3 Å². The molecule has 1 aliphatic rings. The van der Waals surface area contributed by atoms with E-state index in [2.05, 4.69) is 10.6 Å². The van der Waals surface area contributed by atoms with Crippen LogP contribution in [0.2, 0.25) is 0 Å². The van der Waals surface area contributed by atoms with E-state index in [0.717, 1.165) is 25.8 Å². The number of carbonyl (C=O) groups excluding carboxylic acids is 1. The smallest absolute Gasteiger partial charge is 0.241 e. The molecule has 1 saturated heterocycles. The van der Waals surface area contributed by atoms with Crippen LogP contribution in [0.15, 0.2) is 24.3 Å². The van der Waals surface area contributed by atoms with Gasteiger partial charge in [0.1, 0.15) is 19.0 Å². The van der Waals surface area contributed by atoms with E-state index in [-0.39, 0.29) is 31.0 Å². The Morgan fingerprint density at radius 1 is 1.45 bits per heavy atom. The van der Waals surface area contributed by atoms with Crippen LogP contribution < -0.4 is 15.4 Å². The Morgan fingerprint density at radius 3 is 3.00 bits per heavy atom. The number of halogens is 2. The Bertz CT molecular complexity index is 425. The summed E-state index contributed by atoms with van der Waals surface area (Å²) in [5.41, 5.74) is 0.675. The zero-order valence-electron chi connectivity index (χ0n) is 11.2. The summed E-state index contributed by atoms with van der Waals surface area (Å²) in [5.74, 6) is 0.536. The van der Waals surface area contributed by atoms with Crippen LogP contribution >= 0.6 is 12.4 Å². The van der Waals surface area contributed by atoms with E-state index < -0.39 is 6.67 Å². The van der Waals surface area contributed by atoms with Crippen molar-refractivity contribution >= 4 is 24.0 Å². The van der Waals surface area contributed by atoms with Crippen molar-refractivity contribution in [2.24, 2.45) is 0 Å². The van der Waals surface area contributed by atoms with E-state index in [4.69, 9.17) is 4.74 Å². The summed E-state index contributed by atoms with van der Waals surface area (Å²) in [6.45, 7) is 0.391. The largest absolute Gasteiger partial charge is 0.491 e. The predicted octanol–water partition coefficient (Wildman–Crippen LogP) is 2.54. The monoisotopic (exact) mass is 302 g/mol. The first kappa shape index (κ1) is 16.7. The normalized spacial score (nSPS) is 17.9. The Kier molecular flexibility index (Phi) is 7.33. The first-order chi connectivity index (χ1) is 9.29. The van der Waals surface area contributed by atoms with Gasteiger partial charge in [-0.2, -0.15) is 0 Å². The maximum Gasteiger partial charge on any atom is 0.241 e. The Morgan fingerprint density at radius 2 is 2.30 bits per heavy atom. The molecule has 0 spiro atoms. The van der Waals surface area contributed by atoms with Gasteiger partial charge in [0.25, 0.3) is 0 Å². The number of carbonyl (C=O) groups is 1. The molecule has 2 N–H and O–H groups in total. The highest BCUT2D eigenvalue weighted by Crippen LogP contribution is 2.18. The van der Waals surface area contributed by atoms with Gasteiger partial charge in [-0.3, -0.25) is 4.79 Å². The van der Waals surface area contributed by atoms with Crippen molar-refractivity contribution in [1.29, 1.82) is 0 Å². The molecule has 1 aromatic carbocycles. The van der Waals surface area contributed by atoms with Gasteiger partial charge in [0.15, 0.2) is 0 Å². The number of hydrogen-bond acceptors (Lipinski definition) is 3. The van der Waals surface area contributed by atoms with Crippen LogP contribution in [0.4, 0.5) is 10.1 Å². The Balaban J connectivity index is 0.00000200. The van der Waals surface area contributed by atoms with Gasteiger partial charge in [-0.25, -0.2) is 4.39 Å². The number of rotatable bonds is 5. The lowest BCUT2D eigenvalue weighted by molar-refractivity contribution is -0.118. The van der Waals surface area contributed by atoms with Crippen molar-refractivity contribution in [3.05, 3.63) is 24.3 Å². The van der Waals surface area contributed by atoms with Gasteiger partial charge in [0.2, 0.25) is 5.91 Å². The van der Waals surface area contributed by atoms with Crippen LogP contribution in [0.5, 0.6) is 5.75 Å². The molecule has 2 rings (SSSR count). The van der Waals surface area contributed by atoms with Gasteiger partial charge >= 0.3 is 0 Å². The molecule has 112 valence electrons. The summed E-state index contributed by atoms with van der Waals surface area (Å²) < 4.78 is 17.2. The molecule has 1 fully saturated rings. The molecule has 1 heterocycles. The van der Waals surface area contributed by atoms with E-state index in [1.165, 1.54) is 0 Å². The molecule has 1 amide bonds. The molecule has 0 radical (unpaired) electrons. The summed E-state index contributed by atoms with van der Waals surface area (Å²) in [7, 11) is 0. The average molecular weight is 303 g/mol. The quantitative estimate of drug-likeness (QED) is 0.879. The van der Waals surface area contributed by atoms with Gasteiger partial charge in [0, 0.05) is 11.8 Å². The van der Waals surface area contributed by atoms with Crippen molar-refractivity contribution in [3.63, 3.8) is 0 Å². The Hall–Kier alpha value is -1.33. The number of benzene rings is 1. The highest BCUT2D eigenvalue weighted by molar-refractivity contribution is 5.95. The van der Waals surface area contributed by atoms with Crippen molar-refractivity contribution in [1.82, 2.24) is 5.32 Å². The lowest BCUT2D eigenvalue weighted by Gasteiger charge is -2.22. The molecule has 0 aromatic heterocycles. The maximum absolute atomic E-state index is 12.0. The minimum Gasteiger partial charge on any atom is -0.491 e. The molecule has 0 saturated carbocycles. The summed E-state index contributed by atoms with van der Waals surface area (Å²) in [6.07, 6.45) is 3.06. The number of piperidine rings is 1. The van der Waals surface area contributed by atoms with Crippen molar-refractivity contribution in [2.75, 3.05) is 25.1 Å². The van der Waals surface area contributed by atoms with Gasteiger partial charge in [-0.1, -0.05) is 12.5 Å². The fraction of sp³-hybridized carbons (Fsp3) is 0.500. The molecule has 6 heteroatoms. The molecule has 1 aliphatic heterocycles. The minimum absolute atomic E-state index is 0. The van der Waals surface area contributed by atoms with Crippen LogP contribution in [-0.2, 0) is 4.79 Å². The fourth-order valence-corrected chi connectivity index (χ4v) is 2.13. The average Bonchev–Trinajstić information content (AvgIpc) is 2.46. The topological polar surface area (TPSA) is 50.4 Å². The van der Waals surface area contributed by atoms with Crippen LogP contribution in [-0.4, -0.2) is 31.8 Å². The van der Waals surface area contributed by atoms with Gasteiger partial charge in [-0.15, -0.1) is 12.4 Å². The third-order valence-corrected chi connectivity index (χ3v) is 3.07. The lowest BCUT2D eigenvalue weighted by atomic mass is 10.0. The van der Waals surface area contributed by atoms with Gasteiger partial charge in [0.05, 0.1) is 6.04 Å². The van der Waals surface area contributed by atoms with E-state index in [9.17, 15) is 9.18 Å². The van der Waals surface area contributed by atoms with Crippen LogP contribution in [0.25, 0.3) is 0 Å². The molecule has 1 unspecified atom stereocenters. The predicted molar refractivity (Wildman–Crippen MR) is 79.4 cm³/mol. The van der Waals surface area contributed by atoms with Crippen LogP contribution in [0, 0.1) is 0 Å². The Labute approximate surface area is 124 Å². The SMILES string of the molecule is Cl.O=C(Nc1cccc(OCCF)c1)C1CCCCN1. The third kappa shape index (κ3) is 4.98. The third-order valence-electron chi connectivity index (χ3n) is 3.07. The number of anilines is 1. The van der Waals surface area contributed by atoms with Crippen LogP contribution in [0.3, 0.4) is 0 Å². The van der Waals surface area contributed by atoms with E-state index >= 15 is 0 Å². The molecule has 4 nitrogen and oxygen atoms in total. The first-order valence-corrected chi connectivity index (χ1v) is 6.62. The number of alkyl halides is 1. The summed E-state index contributed by atoms with van der Waals surface area (Å²) >= 11 is 0. The summed E-state index contributed by atoms with van der Waals surface area (Å²) in [5, 5.41) is 6.05. The van der Waals surface area contributed by atoms with E-state index in [1.54, 1.807) is 24.3 Å². The molecular formula is C14H20ClFN2O2. The number of amides is 1. The summed E-state index contributed by atoms with van der Waals surface area (Å²) in [6, 6.07) is 6.89. The standard InChI is InChI=1S/C14H19FN2O2.ClH/c15-7-9-19-12-5-3-4-11(10-12)17-14(18)13-6-1-2-8-16-13;/h3-5,10,13,16H,1-2,6-9H2,(H,17,18);1H. The number of hydrogen-bond donors (Lipinski definition) is 2.